The third kappa shape index (κ3) is 1.75. The quantitative estimate of drug-likeness (QED) is 0.683. The molecule has 0 spiro atoms. The smallest absolute Gasteiger partial charge is 0.198 e. The Morgan fingerprint density at radius 2 is 0.850 bits per heavy atom. The van der Waals surface area contributed by atoms with Crippen molar-refractivity contribution in [3.05, 3.63) is 0 Å². The lowest BCUT2D eigenvalue weighted by Gasteiger charge is -2.56. The van der Waals surface area contributed by atoms with Crippen molar-refractivity contribution < 1.29 is 18.9 Å². The average Bonchev–Trinajstić information content (AvgIpc) is 2.35. The van der Waals surface area contributed by atoms with Crippen molar-refractivity contribution in [2.24, 2.45) is 0 Å². The van der Waals surface area contributed by atoms with Crippen molar-refractivity contribution >= 4 is 0 Å². The van der Waals surface area contributed by atoms with E-state index in [1.54, 1.807) is 0 Å². The second-order valence-corrected chi connectivity index (χ2v) is 8.63. The molecule has 0 amide bonds. The van der Waals surface area contributed by atoms with Crippen LogP contribution in [0, 0.1) is 0 Å². The minimum Gasteiger partial charge on any atom is -0.358 e. The minimum absolute atomic E-state index is 0.260. The molecule has 0 bridgehead atoms. The molecule has 3 aliphatic rings. The van der Waals surface area contributed by atoms with Gasteiger partial charge in [-0.2, -0.15) is 0 Å². The molecule has 0 aromatic carbocycles. The van der Waals surface area contributed by atoms with E-state index in [4.69, 9.17) is 18.9 Å². The van der Waals surface area contributed by atoms with Crippen LogP contribution in [0.3, 0.4) is 0 Å². The monoisotopic (exact) mass is 284 g/mol. The summed E-state index contributed by atoms with van der Waals surface area (Å²) in [6.45, 7) is 16.5. The summed E-state index contributed by atoms with van der Waals surface area (Å²) in [4.78, 5) is 0. The third-order valence-corrected chi connectivity index (χ3v) is 5.23. The molecule has 116 valence electrons. The fourth-order valence-corrected chi connectivity index (χ4v) is 4.67. The maximum atomic E-state index is 6.61. The lowest BCUT2D eigenvalue weighted by molar-refractivity contribution is -0.459. The Balaban J connectivity index is 2.04. The molecule has 0 saturated carbocycles. The molecule has 3 aliphatic heterocycles. The highest BCUT2D eigenvalue weighted by molar-refractivity contribution is 5.14. The van der Waals surface area contributed by atoms with E-state index >= 15 is 0 Å². The van der Waals surface area contributed by atoms with Crippen LogP contribution in [0.15, 0.2) is 0 Å². The molecule has 0 N–H and O–H groups in total. The van der Waals surface area contributed by atoms with Crippen molar-refractivity contribution in [3.63, 3.8) is 0 Å². The van der Waals surface area contributed by atoms with E-state index in [-0.39, 0.29) is 11.2 Å². The van der Waals surface area contributed by atoms with Crippen molar-refractivity contribution in [1.82, 2.24) is 0 Å². The van der Waals surface area contributed by atoms with Crippen LogP contribution in [0.4, 0.5) is 0 Å². The largest absolute Gasteiger partial charge is 0.358 e. The average molecular weight is 284 g/mol. The molecule has 4 heteroatoms. The summed E-state index contributed by atoms with van der Waals surface area (Å²) in [5.41, 5.74) is -1.45. The molecule has 20 heavy (non-hydrogen) atoms. The van der Waals surface area contributed by atoms with Crippen LogP contribution >= 0.6 is 0 Å². The van der Waals surface area contributed by atoms with E-state index in [1.807, 2.05) is 13.8 Å². The normalized spacial score (nSPS) is 56.4. The topological polar surface area (TPSA) is 36.9 Å². The zero-order valence-electron chi connectivity index (χ0n) is 14.0. The summed E-state index contributed by atoms with van der Waals surface area (Å²) in [6.07, 6.45) is 1.62. The Labute approximate surface area is 122 Å². The SMILES string of the molecule is CC1(C)C[C@]2(C)O[C@@]3(C)CC(C)(C)O[C@]3(C)O[C@@]2(C)O1. The molecule has 3 heterocycles. The second kappa shape index (κ2) is 3.43. The highest BCUT2D eigenvalue weighted by atomic mass is 16.8. The number of fused-ring (bicyclic) bond motifs is 2. The second-order valence-electron chi connectivity index (χ2n) is 8.63. The number of hydrogen-bond acceptors (Lipinski definition) is 4. The highest BCUT2D eigenvalue weighted by Crippen LogP contribution is 2.61. The van der Waals surface area contributed by atoms with Crippen molar-refractivity contribution in [2.75, 3.05) is 0 Å². The van der Waals surface area contributed by atoms with Gasteiger partial charge in [-0.25, -0.2) is 0 Å². The fraction of sp³-hybridized carbons (Fsp3) is 1.00. The van der Waals surface area contributed by atoms with Crippen LogP contribution in [-0.4, -0.2) is 34.0 Å². The van der Waals surface area contributed by atoms with Crippen LogP contribution in [-0.2, 0) is 18.9 Å². The van der Waals surface area contributed by atoms with Gasteiger partial charge in [-0.1, -0.05) is 0 Å². The lowest BCUT2D eigenvalue weighted by Crippen LogP contribution is -2.69. The summed E-state index contributed by atoms with van der Waals surface area (Å²) in [5, 5.41) is 0. The zero-order chi connectivity index (χ0) is 15.2. The van der Waals surface area contributed by atoms with E-state index in [0.29, 0.717) is 0 Å². The predicted molar refractivity (Wildman–Crippen MR) is 75.4 cm³/mol. The molecule has 0 aliphatic carbocycles. The van der Waals surface area contributed by atoms with Crippen molar-refractivity contribution in [2.45, 2.75) is 102 Å². The summed E-state index contributed by atoms with van der Waals surface area (Å²) in [6, 6.07) is 0. The Hall–Kier alpha value is -0.160. The lowest BCUT2D eigenvalue weighted by atomic mass is 9.82. The molecular formula is C16H28O4. The molecule has 3 fully saturated rings. The zero-order valence-corrected chi connectivity index (χ0v) is 14.0. The van der Waals surface area contributed by atoms with E-state index in [2.05, 4.69) is 41.5 Å². The predicted octanol–water partition coefficient (Wildman–Crippen LogP) is 3.38. The molecule has 3 rings (SSSR count). The standard InChI is InChI=1S/C16H28O4/c1-11(2)9-13(5)15(7,17-11)20-16(8)14(6,19-13)10-12(3,4)18-16/h9-10H2,1-8H3/t13-,14-,15+,16+/m0/s1. The van der Waals surface area contributed by atoms with E-state index in [0.717, 1.165) is 12.8 Å². The molecule has 0 radical (unpaired) electrons. The number of ether oxygens (including phenoxy) is 4. The molecule has 0 unspecified atom stereocenters. The van der Waals surface area contributed by atoms with Gasteiger partial charge >= 0.3 is 0 Å². The van der Waals surface area contributed by atoms with Crippen molar-refractivity contribution in [3.8, 4) is 0 Å². The maximum absolute atomic E-state index is 6.61. The van der Waals surface area contributed by atoms with Crippen LogP contribution < -0.4 is 0 Å². The Kier molecular flexibility index (Phi) is 2.53. The van der Waals surface area contributed by atoms with Gasteiger partial charge in [-0.3, -0.25) is 0 Å². The highest BCUT2D eigenvalue weighted by Gasteiger charge is 2.73. The molecule has 0 aromatic rings. The third-order valence-electron chi connectivity index (χ3n) is 5.23. The van der Waals surface area contributed by atoms with E-state index < -0.39 is 22.8 Å². The summed E-state index contributed by atoms with van der Waals surface area (Å²) in [5.74, 6) is -1.57. The van der Waals surface area contributed by atoms with E-state index in [1.165, 1.54) is 0 Å². The Bertz CT molecular complexity index is 381. The first-order valence-electron chi connectivity index (χ1n) is 7.55. The van der Waals surface area contributed by atoms with Gasteiger partial charge < -0.3 is 18.9 Å². The van der Waals surface area contributed by atoms with Gasteiger partial charge in [0, 0.05) is 12.8 Å². The van der Waals surface area contributed by atoms with Crippen LogP contribution in [0.1, 0.15) is 68.2 Å². The summed E-state index contributed by atoms with van der Waals surface area (Å²) < 4.78 is 25.4. The van der Waals surface area contributed by atoms with Crippen molar-refractivity contribution in [1.29, 1.82) is 0 Å². The molecular weight excluding hydrogens is 256 g/mol. The van der Waals surface area contributed by atoms with Gasteiger partial charge in [0.15, 0.2) is 11.6 Å². The molecule has 0 aromatic heterocycles. The Morgan fingerprint density at radius 1 is 0.500 bits per heavy atom. The van der Waals surface area contributed by atoms with Gasteiger partial charge in [0.2, 0.25) is 0 Å². The fourth-order valence-electron chi connectivity index (χ4n) is 4.67. The summed E-state index contributed by atoms with van der Waals surface area (Å²) >= 11 is 0. The van der Waals surface area contributed by atoms with Gasteiger partial charge in [-0.05, 0) is 55.4 Å². The van der Waals surface area contributed by atoms with Crippen LogP contribution in [0.5, 0.6) is 0 Å². The molecule has 4 atom stereocenters. The Morgan fingerprint density at radius 3 is 1.20 bits per heavy atom. The number of rotatable bonds is 0. The minimum atomic E-state index is -0.787. The first kappa shape index (κ1) is 14.8. The van der Waals surface area contributed by atoms with Crippen LogP contribution in [0.25, 0.3) is 0 Å². The van der Waals surface area contributed by atoms with Gasteiger partial charge in [0.1, 0.15) is 11.2 Å². The first-order valence-corrected chi connectivity index (χ1v) is 7.55. The van der Waals surface area contributed by atoms with Gasteiger partial charge in [-0.15, -0.1) is 0 Å². The molecule has 3 saturated heterocycles. The van der Waals surface area contributed by atoms with Gasteiger partial charge in [0.25, 0.3) is 0 Å². The first-order chi connectivity index (χ1) is 8.74. The maximum Gasteiger partial charge on any atom is 0.198 e. The van der Waals surface area contributed by atoms with Crippen LogP contribution in [0.2, 0.25) is 0 Å². The molecule has 4 nitrogen and oxygen atoms in total. The van der Waals surface area contributed by atoms with E-state index in [9.17, 15) is 0 Å². The summed E-state index contributed by atoms with van der Waals surface area (Å²) in [7, 11) is 0. The van der Waals surface area contributed by atoms with Gasteiger partial charge in [0.05, 0.1) is 11.2 Å². The number of hydrogen-bond donors (Lipinski definition) is 0.